The van der Waals surface area contributed by atoms with Crippen molar-refractivity contribution in [3.8, 4) is 0 Å². The van der Waals surface area contributed by atoms with E-state index in [1.165, 1.54) is 42.1 Å². The van der Waals surface area contributed by atoms with Crippen LogP contribution in [0.4, 0.5) is 0 Å². The first-order valence-electron chi connectivity index (χ1n) is 7.68. The fourth-order valence-electron chi connectivity index (χ4n) is 3.68. The molecule has 106 valence electrons. The standard InChI is InChI=1S/C17H26BrN/c1-3-17(10-5-6-11-17)16(19-4-2)13-14-8-7-9-15(18)12-14/h7-9,12,16,19H,3-6,10-11,13H2,1-2H3. The number of likely N-dealkylation sites (N-methyl/N-ethyl adjacent to an activating group) is 1. The molecule has 2 rings (SSSR count). The van der Waals surface area contributed by atoms with Gasteiger partial charge in [0, 0.05) is 10.5 Å². The molecule has 1 nitrogen and oxygen atoms in total. The van der Waals surface area contributed by atoms with E-state index in [0.29, 0.717) is 11.5 Å². The van der Waals surface area contributed by atoms with Gasteiger partial charge in [-0.1, -0.05) is 54.8 Å². The maximum atomic E-state index is 3.77. The molecule has 1 atom stereocenters. The SMILES string of the molecule is CCNC(Cc1cccc(Br)c1)C1(CC)CCCC1. The van der Waals surface area contributed by atoms with Gasteiger partial charge < -0.3 is 5.32 Å². The third-order valence-corrected chi connectivity index (χ3v) is 5.32. The highest BCUT2D eigenvalue weighted by Crippen LogP contribution is 2.44. The van der Waals surface area contributed by atoms with Gasteiger partial charge >= 0.3 is 0 Å². The summed E-state index contributed by atoms with van der Waals surface area (Å²) in [5, 5.41) is 3.77. The molecule has 1 fully saturated rings. The van der Waals surface area contributed by atoms with E-state index in [9.17, 15) is 0 Å². The van der Waals surface area contributed by atoms with Crippen LogP contribution in [-0.4, -0.2) is 12.6 Å². The van der Waals surface area contributed by atoms with E-state index in [1.807, 2.05) is 0 Å². The van der Waals surface area contributed by atoms with Crippen LogP contribution in [0, 0.1) is 5.41 Å². The van der Waals surface area contributed by atoms with Gasteiger partial charge in [-0.05, 0) is 55.3 Å². The Balaban J connectivity index is 2.15. The first-order chi connectivity index (χ1) is 9.20. The molecule has 1 saturated carbocycles. The zero-order valence-electron chi connectivity index (χ0n) is 12.2. The van der Waals surface area contributed by atoms with Gasteiger partial charge in [0.1, 0.15) is 0 Å². The molecule has 0 bridgehead atoms. The highest BCUT2D eigenvalue weighted by atomic mass is 79.9. The minimum absolute atomic E-state index is 0.526. The topological polar surface area (TPSA) is 12.0 Å². The summed E-state index contributed by atoms with van der Waals surface area (Å²) in [6.07, 6.45) is 8.08. The summed E-state index contributed by atoms with van der Waals surface area (Å²) in [7, 11) is 0. The van der Waals surface area contributed by atoms with Crippen molar-refractivity contribution < 1.29 is 0 Å². The lowest BCUT2D eigenvalue weighted by molar-refractivity contribution is 0.186. The van der Waals surface area contributed by atoms with Crippen molar-refractivity contribution >= 4 is 15.9 Å². The van der Waals surface area contributed by atoms with Crippen LogP contribution in [0.5, 0.6) is 0 Å². The van der Waals surface area contributed by atoms with Crippen molar-refractivity contribution in [1.82, 2.24) is 5.32 Å². The van der Waals surface area contributed by atoms with Gasteiger partial charge in [0.25, 0.3) is 0 Å². The van der Waals surface area contributed by atoms with Crippen LogP contribution in [0.3, 0.4) is 0 Å². The predicted molar refractivity (Wildman–Crippen MR) is 86.5 cm³/mol. The average Bonchev–Trinajstić information content (AvgIpc) is 2.88. The molecular formula is C17H26BrN. The Morgan fingerprint density at radius 2 is 2.00 bits per heavy atom. The van der Waals surface area contributed by atoms with Crippen molar-refractivity contribution in [2.24, 2.45) is 5.41 Å². The number of benzene rings is 1. The van der Waals surface area contributed by atoms with Crippen LogP contribution in [0.1, 0.15) is 51.5 Å². The van der Waals surface area contributed by atoms with Crippen LogP contribution in [0.2, 0.25) is 0 Å². The van der Waals surface area contributed by atoms with E-state index < -0.39 is 0 Å². The smallest absolute Gasteiger partial charge is 0.0178 e. The summed E-state index contributed by atoms with van der Waals surface area (Å²) >= 11 is 3.58. The molecule has 1 N–H and O–H groups in total. The highest BCUT2D eigenvalue weighted by Gasteiger charge is 2.39. The molecule has 1 aromatic carbocycles. The van der Waals surface area contributed by atoms with Crippen molar-refractivity contribution in [3.05, 3.63) is 34.3 Å². The van der Waals surface area contributed by atoms with Gasteiger partial charge in [-0.3, -0.25) is 0 Å². The Bertz CT molecular complexity index is 396. The van der Waals surface area contributed by atoms with E-state index in [0.717, 1.165) is 13.0 Å². The van der Waals surface area contributed by atoms with E-state index in [2.05, 4.69) is 59.4 Å². The van der Waals surface area contributed by atoms with Gasteiger partial charge in [-0.15, -0.1) is 0 Å². The molecule has 0 aliphatic heterocycles. The lowest BCUT2D eigenvalue weighted by Crippen LogP contribution is -2.45. The molecule has 0 spiro atoms. The maximum Gasteiger partial charge on any atom is 0.0178 e. The summed E-state index contributed by atoms with van der Waals surface area (Å²) in [5.41, 5.74) is 1.97. The van der Waals surface area contributed by atoms with Gasteiger partial charge in [0.2, 0.25) is 0 Å². The molecule has 0 aromatic heterocycles. The highest BCUT2D eigenvalue weighted by molar-refractivity contribution is 9.10. The molecule has 19 heavy (non-hydrogen) atoms. The quantitative estimate of drug-likeness (QED) is 0.781. The molecule has 2 heteroatoms. The van der Waals surface area contributed by atoms with E-state index >= 15 is 0 Å². The van der Waals surface area contributed by atoms with Crippen LogP contribution in [0.25, 0.3) is 0 Å². The van der Waals surface area contributed by atoms with Crippen molar-refractivity contribution in [2.75, 3.05) is 6.54 Å². The van der Waals surface area contributed by atoms with Crippen LogP contribution in [-0.2, 0) is 6.42 Å². The lowest BCUT2D eigenvalue weighted by Gasteiger charge is -2.38. The second-order valence-electron chi connectivity index (χ2n) is 5.87. The summed E-state index contributed by atoms with van der Waals surface area (Å²) in [6.45, 7) is 5.67. The van der Waals surface area contributed by atoms with Crippen molar-refractivity contribution in [2.45, 2.75) is 58.4 Å². The first-order valence-corrected chi connectivity index (χ1v) is 8.47. The Morgan fingerprint density at radius 1 is 1.26 bits per heavy atom. The average molecular weight is 324 g/mol. The van der Waals surface area contributed by atoms with Crippen molar-refractivity contribution in [1.29, 1.82) is 0 Å². The Morgan fingerprint density at radius 3 is 2.58 bits per heavy atom. The van der Waals surface area contributed by atoms with Gasteiger partial charge in [0.05, 0.1) is 0 Å². The summed E-state index contributed by atoms with van der Waals surface area (Å²) in [5.74, 6) is 0. The minimum Gasteiger partial charge on any atom is -0.313 e. The lowest BCUT2D eigenvalue weighted by atomic mass is 9.74. The second-order valence-corrected chi connectivity index (χ2v) is 6.78. The number of hydrogen-bond donors (Lipinski definition) is 1. The fourth-order valence-corrected chi connectivity index (χ4v) is 4.13. The van der Waals surface area contributed by atoms with Gasteiger partial charge in [0.15, 0.2) is 0 Å². The van der Waals surface area contributed by atoms with Gasteiger partial charge in [-0.25, -0.2) is 0 Å². The third kappa shape index (κ3) is 3.61. The Kier molecular flexibility index (Phi) is 5.47. The molecule has 1 unspecified atom stereocenters. The van der Waals surface area contributed by atoms with E-state index in [1.54, 1.807) is 0 Å². The molecule has 0 amide bonds. The number of nitrogens with one attached hydrogen (secondary N) is 1. The third-order valence-electron chi connectivity index (χ3n) is 4.82. The van der Waals surface area contributed by atoms with Crippen molar-refractivity contribution in [3.63, 3.8) is 0 Å². The van der Waals surface area contributed by atoms with E-state index in [4.69, 9.17) is 0 Å². The fraction of sp³-hybridized carbons (Fsp3) is 0.647. The van der Waals surface area contributed by atoms with E-state index in [-0.39, 0.29) is 0 Å². The number of hydrogen-bond acceptors (Lipinski definition) is 1. The molecular weight excluding hydrogens is 298 g/mol. The first kappa shape index (κ1) is 15.1. The Labute approximate surface area is 126 Å². The molecule has 0 radical (unpaired) electrons. The molecule has 1 aliphatic rings. The van der Waals surface area contributed by atoms with Crippen LogP contribution >= 0.6 is 15.9 Å². The number of rotatable bonds is 6. The number of halogens is 1. The molecule has 0 heterocycles. The van der Waals surface area contributed by atoms with Crippen LogP contribution in [0.15, 0.2) is 28.7 Å². The molecule has 0 saturated heterocycles. The Hall–Kier alpha value is -0.340. The van der Waals surface area contributed by atoms with Crippen LogP contribution < -0.4 is 5.32 Å². The summed E-state index contributed by atoms with van der Waals surface area (Å²) in [4.78, 5) is 0. The zero-order chi connectivity index (χ0) is 13.7. The molecule has 1 aromatic rings. The monoisotopic (exact) mass is 323 g/mol. The normalized spacial score (nSPS) is 19.5. The van der Waals surface area contributed by atoms with Gasteiger partial charge in [-0.2, -0.15) is 0 Å². The largest absolute Gasteiger partial charge is 0.313 e. The second kappa shape index (κ2) is 6.90. The predicted octanol–water partition coefficient (Wildman–Crippen LogP) is 4.94. The zero-order valence-corrected chi connectivity index (χ0v) is 13.8. The summed E-state index contributed by atoms with van der Waals surface area (Å²) in [6, 6.07) is 9.40. The minimum atomic E-state index is 0.526. The summed E-state index contributed by atoms with van der Waals surface area (Å²) < 4.78 is 1.19. The molecule has 1 aliphatic carbocycles. The maximum absolute atomic E-state index is 3.77.